The molecule has 3 heterocycles. The molecule has 0 bridgehead atoms. The molecule has 1 N–H and O–H groups in total. The van der Waals surface area contributed by atoms with Crippen molar-refractivity contribution < 1.29 is 4.79 Å². The van der Waals surface area contributed by atoms with Gasteiger partial charge in [-0.2, -0.15) is 0 Å². The number of aromatic amines is 1. The average Bonchev–Trinajstić information content (AvgIpc) is 2.75. The Morgan fingerprint density at radius 3 is 2.63 bits per heavy atom. The largest absolute Gasteiger partial charge is 0.338 e. The molecule has 2 aromatic rings. The van der Waals surface area contributed by atoms with Crippen LogP contribution in [0, 0.1) is 18.8 Å². The lowest BCUT2D eigenvalue weighted by molar-refractivity contribution is 0.0620. The zero-order valence-electron chi connectivity index (χ0n) is 18.2. The second-order valence-electron chi connectivity index (χ2n) is 9.23. The predicted molar refractivity (Wildman–Crippen MR) is 121 cm³/mol. The number of amides is 1. The molecule has 0 radical (unpaired) electrons. The van der Waals surface area contributed by atoms with E-state index in [1.165, 1.54) is 32.4 Å². The molecule has 1 amide bonds. The number of hydrogen-bond donors (Lipinski definition) is 1. The van der Waals surface area contributed by atoms with Crippen LogP contribution in [-0.2, 0) is 0 Å². The lowest BCUT2D eigenvalue weighted by atomic mass is 9.94. The summed E-state index contributed by atoms with van der Waals surface area (Å²) >= 11 is 0. The maximum atomic E-state index is 13.1. The van der Waals surface area contributed by atoms with Gasteiger partial charge in [-0.1, -0.05) is 30.7 Å². The first-order valence-corrected chi connectivity index (χ1v) is 11.3. The van der Waals surface area contributed by atoms with Crippen molar-refractivity contribution in [1.82, 2.24) is 14.8 Å². The third-order valence-corrected chi connectivity index (χ3v) is 6.67. The quantitative estimate of drug-likeness (QED) is 0.835. The van der Waals surface area contributed by atoms with E-state index in [1.807, 2.05) is 42.2 Å². The fourth-order valence-corrected chi connectivity index (χ4v) is 4.80. The van der Waals surface area contributed by atoms with E-state index in [1.54, 1.807) is 6.07 Å². The molecule has 4 rings (SSSR count). The second-order valence-corrected chi connectivity index (χ2v) is 9.23. The zero-order valence-corrected chi connectivity index (χ0v) is 18.2. The second kappa shape index (κ2) is 9.17. The van der Waals surface area contributed by atoms with Gasteiger partial charge < -0.3 is 14.8 Å². The number of rotatable bonds is 4. The molecule has 0 aliphatic carbocycles. The third kappa shape index (κ3) is 4.84. The van der Waals surface area contributed by atoms with Gasteiger partial charge in [0.15, 0.2) is 0 Å². The van der Waals surface area contributed by atoms with E-state index in [0.717, 1.165) is 48.8 Å². The Bertz CT molecular complexity index is 943. The minimum atomic E-state index is -0.300. The van der Waals surface area contributed by atoms with Crippen molar-refractivity contribution in [2.45, 2.75) is 39.5 Å². The lowest BCUT2D eigenvalue weighted by Crippen LogP contribution is -2.46. The Morgan fingerprint density at radius 1 is 1.10 bits per heavy atom. The molecule has 1 atom stereocenters. The minimum absolute atomic E-state index is 0.135. The highest BCUT2D eigenvalue weighted by Gasteiger charge is 2.28. The van der Waals surface area contributed by atoms with E-state index >= 15 is 0 Å². The summed E-state index contributed by atoms with van der Waals surface area (Å²) in [5.41, 5.74) is 2.79. The molecular formula is C25H33N3O2. The summed E-state index contributed by atoms with van der Waals surface area (Å²) in [7, 11) is 0. The number of piperidine rings is 2. The number of aromatic nitrogens is 1. The molecule has 5 heteroatoms. The van der Waals surface area contributed by atoms with E-state index in [0.29, 0.717) is 5.92 Å². The fraction of sp³-hybridized carbons (Fsp3) is 0.520. The molecule has 0 spiro atoms. The van der Waals surface area contributed by atoms with Crippen molar-refractivity contribution in [3.63, 3.8) is 0 Å². The summed E-state index contributed by atoms with van der Waals surface area (Å²) in [5, 5.41) is 0. The van der Waals surface area contributed by atoms with Gasteiger partial charge in [-0.3, -0.25) is 9.59 Å². The summed E-state index contributed by atoms with van der Waals surface area (Å²) in [6, 6.07) is 11.5. The Labute approximate surface area is 179 Å². The third-order valence-electron chi connectivity index (χ3n) is 6.67. The first-order valence-electron chi connectivity index (χ1n) is 11.3. The number of pyridine rings is 1. The number of nitrogens with one attached hydrogen (secondary N) is 1. The van der Waals surface area contributed by atoms with E-state index in [4.69, 9.17) is 0 Å². The number of hydrogen-bond acceptors (Lipinski definition) is 3. The van der Waals surface area contributed by atoms with Crippen molar-refractivity contribution in [2.75, 3.05) is 32.7 Å². The Morgan fingerprint density at radius 2 is 1.90 bits per heavy atom. The first kappa shape index (κ1) is 20.9. The number of benzene rings is 1. The van der Waals surface area contributed by atoms with Gasteiger partial charge in [0.1, 0.15) is 5.56 Å². The van der Waals surface area contributed by atoms with Gasteiger partial charge in [-0.15, -0.1) is 0 Å². The topological polar surface area (TPSA) is 56.4 Å². The molecule has 0 saturated carbocycles. The predicted octanol–water partition coefficient (Wildman–Crippen LogP) is 3.93. The van der Waals surface area contributed by atoms with Crippen LogP contribution in [0.25, 0.3) is 11.3 Å². The number of likely N-dealkylation sites (tertiary alicyclic amines) is 2. The van der Waals surface area contributed by atoms with Crippen molar-refractivity contribution in [2.24, 2.45) is 11.8 Å². The fourth-order valence-electron chi connectivity index (χ4n) is 4.80. The molecule has 2 aliphatic heterocycles. The number of H-pyrrole nitrogens is 1. The van der Waals surface area contributed by atoms with Crippen LogP contribution in [0.2, 0.25) is 0 Å². The van der Waals surface area contributed by atoms with Gasteiger partial charge in [0, 0.05) is 25.3 Å². The van der Waals surface area contributed by atoms with Gasteiger partial charge in [0.05, 0.1) is 0 Å². The molecular weight excluding hydrogens is 374 g/mol. The van der Waals surface area contributed by atoms with Gasteiger partial charge in [0.25, 0.3) is 11.5 Å². The van der Waals surface area contributed by atoms with Gasteiger partial charge >= 0.3 is 0 Å². The molecule has 1 aromatic heterocycles. The molecule has 1 aromatic carbocycles. The Hall–Kier alpha value is -2.40. The Balaban J connectivity index is 1.42. The zero-order chi connectivity index (χ0) is 21.1. The summed E-state index contributed by atoms with van der Waals surface area (Å²) < 4.78 is 0. The first-order chi connectivity index (χ1) is 14.5. The van der Waals surface area contributed by atoms with Crippen LogP contribution in [-0.4, -0.2) is 53.4 Å². The van der Waals surface area contributed by atoms with E-state index in [-0.39, 0.29) is 17.0 Å². The average molecular weight is 408 g/mol. The highest BCUT2D eigenvalue weighted by molar-refractivity contribution is 5.94. The standard InChI is InChI=1S/C25H33N3O2/c1-18-10-13-27(14-11-18)16-20-6-4-12-28(17-20)25(30)22-8-9-23(26-24(22)29)21-7-3-5-19(2)15-21/h3,5,7-9,15,18,20H,4,6,10-14,16-17H2,1-2H3,(H,26,29). The van der Waals surface area contributed by atoms with Crippen LogP contribution in [0.15, 0.2) is 41.2 Å². The normalized spacial score (nSPS) is 21.0. The number of carbonyl (C=O) groups excluding carboxylic acids is 1. The van der Waals surface area contributed by atoms with Crippen LogP contribution in [0.3, 0.4) is 0 Å². The summed E-state index contributed by atoms with van der Waals surface area (Å²) in [5.74, 6) is 1.20. The van der Waals surface area contributed by atoms with Crippen molar-refractivity contribution >= 4 is 5.91 Å². The maximum Gasteiger partial charge on any atom is 0.261 e. The number of nitrogens with zero attached hydrogens (tertiary/aromatic N) is 2. The molecule has 1 unspecified atom stereocenters. The summed E-state index contributed by atoms with van der Waals surface area (Å²) in [4.78, 5) is 33.1. The maximum absolute atomic E-state index is 13.1. The van der Waals surface area contributed by atoms with Gasteiger partial charge in [-0.25, -0.2) is 0 Å². The van der Waals surface area contributed by atoms with Crippen LogP contribution >= 0.6 is 0 Å². The van der Waals surface area contributed by atoms with Crippen LogP contribution in [0.4, 0.5) is 0 Å². The monoisotopic (exact) mass is 407 g/mol. The van der Waals surface area contributed by atoms with Gasteiger partial charge in [-0.05, 0) is 81.3 Å². The molecule has 160 valence electrons. The minimum Gasteiger partial charge on any atom is -0.338 e. The van der Waals surface area contributed by atoms with E-state index in [2.05, 4.69) is 16.8 Å². The van der Waals surface area contributed by atoms with Crippen molar-refractivity contribution in [3.05, 3.63) is 57.9 Å². The SMILES string of the molecule is Cc1cccc(-c2ccc(C(=O)N3CCCC(CN4CCC(C)CC4)C3)c(=O)[nH]2)c1. The highest BCUT2D eigenvalue weighted by Crippen LogP contribution is 2.23. The van der Waals surface area contributed by atoms with Crippen LogP contribution < -0.4 is 5.56 Å². The molecule has 30 heavy (non-hydrogen) atoms. The van der Waals surface area contributed by atoms with E-state index in [9.17, 15) is 9.59 Å². The summed E-state index contributed by atoms with van der Waals surface area (Å²) in [6.45, 7) is 9.27. The van der Waals surface area contributed by atoms with Crippen LogP contribution in [0.5, 0.6) is 0 Å². The van der Waals surface area contributed by atoms with Crippen molar-refractivity contribution in [3.8, 4) is 11.3 Å². The lowest BCUT2D eigenvalue weighted by Gasteiger charge is -2.37. The van der Waals surface area contributed by atoms with Gasteiger partial charge in [0.2, 0.25) is 0 Å². The molecule has 5 nitrogen and oxygen atoms in total. The number of aryl methyl sites for hydroxylation is 1. The molecule has 2 fully saturated rings. The molecule has 2 aliphatic rings. The van der Waals surface area contributed by atoms with E-state index < -0.39 is 0 Å². The Kier molecular flexibility index (Phi) is 6.38. The molecule has 2 saturated heterocycles. The highest BCUT2D eigenvalue weighted by atomic mass is 16.2. The van der Waals surface area contributed by atoms with Crippen LogP contribution in [0.1, 0.15) is 48.5 Å². The smallest absolute Gasteiger partial charge is 0.261 e. The summed E-state index contributed by atoms with van der Waals surface area (Å²) in [6.07, 6.45) is 4.73. The number of carbonyl (C=O) groups is 1. The van der Waals surface area contributed by atoms with Crippen molar-refractivity contribution in [1.29, 1.82) is 0 Å².